The first-order valence-corrected chi connectivity index (χ1v) is 29.4. The molecule has 5 nitrogen and oxygen atoms in total. The number of benzene rings is 10. The van der Waals surface area contributed by atoms with Crippen molar-refractivity contribution in [2.45, 2.75) is 84.0 Å². The summed E-state index contributed by atoms with van der Waals surface area (Å²) in [7, 11) is 0. The first-order valence-electron chi connectivity index (χ1n) is 31.4. The van der Waals surface area contributed by atoms with E-state index in [1.807, 2.05) is 47.0 Å². The van der Waals surface area contributed by atoms with Gasteiger partial charge in [0, 0.05) is 45.9 Å². The molecule has 1 aliphatic heterocycles. The minimum absolute atomic E-state index is 0.0938. The molecule has 10 aromatic carbocycles. The lowest BCUT2D eigenvalue weighted by Crippen LogP contribution is -2.26. The second-order valence-electron chi connectivity index (χ2n) is 26.1. The van der Waals surface area contributed by atoms with E-state index >= 15 is 0 Å². The Bertz CT molecular complexity index is 4820. The molecule has 0 atom stereocenters. The molecule has 84 heavy (non-hydrogen) atoms. The summed E-state index contributed by atoms with van der Waals surface area (Å²) in [6.45, 7) is 20.8. The molecule has 0 bridgehead atoms. The van der Waals surface area contributed by atoms with Crippen LogP contribution in [0.4, 0.5) is 22.7 Å². The van der Waals surface area contributed by atoms with E-state index in [1.54, 1.807) is 6.20 Å². The van der Waals surface area contributed by atoms with Crippen LogP contribution >= 0.6 is 0 Å². The van der Waals surface area contributed by atoms with Crippen LogP contribution in [0.2, 0.25) is 0 Å². The maximum absolute atomic E-state index is 9.21. The number of hydrogen-bond acceptors (Lipinski definition) is 4. The summed E-state index contributed by atoms with van der Waals surface area (Å²) in [6, 6.07) is 74.3. The van der Waals surface area contributed by atoms with Gasteiger partial charge in [-0.1, -0.05) is 226 Å². The first kappa shape index (κ1) is 47.1. The van der Waals surface area contributed by atoms with E-state index in [-0.39, 0.29) is 40.4 Å². The van der Waals surface area contributed by atoms with Crippen LogP contribution in [0, 0.1) is 0 Å². The standard InChI is InChI=1S/C79H68N4O/c1-76(2,3)51-41-42-80-73(46-51)83-69-36-17-13-27-60(69)61-40-39-56(48-72(61)83)84-55-24-20-23-54(47-55)81-49-82(71-38-19-18-37-70(71)81)75-57(50-43-52(77(4,5)6)45-53(44-50)78(7,8)9)29-21-31-63(75)62-30-22-35-68-74(62)64-28-12-16-34-67(64)79(68)65-32-14-10-25-58(65)59-26-11-15-33-66(59)79/h10-48H,49H2,1-9H3/i13D,17D,27D,36D. The fourth-order valence-electron chi connectivity index (χ4n) is 13.8. The molecule has 0 saturated carbocycles. The Balaban J connectivity index is 0.894. The molecule has 0 N–H and O–H groups in total. The third kappa shape index (κ3) is 7.92. The molecule has 3 heterocycles. The smallest absolute Gasteiger partial charge is 0.137 e. The molecule has 5 heteroatoms. The summed E-state index contributed by atoms with van der Waals surface area (Å²) in [5.74, 6) is 1.74. The third-order valence-corrected chi connectivity index (χ3v) is 17.9. The molecule has 0 amide bonds. The summed E-state index contributed by atoms with van der Waals surface area (Å²) >= 11 is 0. The minimum Gasteiger partial charge on any atom is -0.457 e. The maximum atomic E-state index is 9.21. The molecule has 0 saturated heterocycles. The van der Waals surface area contributed by atoms with E-state index in [9.17, 15) is 1.37 Å². The number of pyridine rings is 1. The first-order chi connectivity index (χ1) is 42.2. The van der Waals surface area contributed by atoms with Gasteiger partial charge in [0.1, 0.15) is 24.0 Å². The highest BCUT2D eigenvalue weighted by atomic mass is 16.5. The average molecular weight is 1090 g/mol. The topological polar surface area (TPSA) is 33.5 Å². The summed E-state index contributed by atoms with van der Waals surface area (Å²) in [5.41, 5.74) is 22.9. The van der Waals surface area contributed by atoms with Crippen LogP contribution in [0.5, 0.6) is 11.5 Å². The summed E-state index contributed by atoms with van der Waals surface area (Å²) < 4.78 is 44.5. The molecular weight excluding hydrogens is 1020 g/mol. The molecule has 12 aromatic rings. The predicted molar refractivity (Wildman–Crippen MR) is 350 cm³/mol. The van der Waals surface area contributed by atoms with E-state index in [1.165, 1.54) is 66.8 Å². The molecule has 0 radical (unpaired) electrons. The quantitative estimate of drug-likeness (QED) is 0.159. The van der Waals surface area contributed by atoms with Gasteiger partial charge in [0.2, 0.25) is 0 Å². The number of fused-ring (bicyclic) bond motifs is 14. The normalized spacial score (nSPS) is 14.7. The van der Waals surface area contributed by atoms with Crippen LogP contribution in [0.15, 0.2) is 237 Å². The zero-order valence-corrected chi connectivity index (χ0v) is 49.1. The number of aromatic nitrogens is 2. The van der Waals surface area contributed by atoms with Crippen LogP contribution in [0.25, 0.3) is 72.1 Å². The highest BCUT2D eigenvalue weighted by Gasteiger charge is 2.52. The van der Waals surface area contributed by atoms with Gasteiger partial charge in [0.05, 0.1) is 39.0 Å². The van der Waals surface area contributed by atoms with Crippen molar-refractivity contribution in [2.75, 3.05) is 16.5 Å². The Kier molecular flexibility index (Phi) is 10.5. The Labute approximate surface area is 499 Å². The van der Waals surface area contributed by atoms with Gasteiger partial charge < -0.3 is 14.5 Å². The van der Waals surface area contributed by atoms with E-state index in [0.29, 0.717) is 45.8 Å². The van der Waals surface area contributed by atoms with E-state index in [2.05, 4.69) is 236 Å². The number of ether oxygens (including phenoxy) is 1. The molecule has 2 aliphatic carbocycles. The number of anilines is 4. The highest BCUT2D eigenvalue weighted by Crippen LogP contribution is 2.65. The van der Waals surface area contributed by atoms with Crippen LogP contribution in [0.3, 0.4) is 0 Å². The van der Waals surface area contributed by atoms with Crippen molar-refractivity contribution >= 4 is 44.6 Å². The molecule has 15 rings (SSSR count). The zero-order chi connectivity index (χ0) is 60.9. The van der Waals surface area contributed by atoms with E-state index in [0.717, 1.165) is 39.4 Å². The monoisotopic (exact) mass is 1090 g/mol. The van der Waals surface area contributed by atoms with Gasteiger partial charge in [-0.3, -0.25) is 4.57 Å². The lowest BCUT2D eigenvalue weighted by Gasteiger charge is -2.31. The molecule has 0 unspecified atom stereocenters. The van der Waals surface area contributed by atoms with Gasteiger partial charge in [-0.15, -0.1) is 0 Å². The molecular formula is C79H68N4O. The van der Waals surface area contributed by atoms with Crippen molar-refractivity contribution in [1.82, 2.24) is 9.55 Å². The van der Waals surface area contributed by atoms with E-state index in [4.69, 9.17) is 13.8 Å². The predicted octanol–water partition coefficient (Wildman–Crippen LogP) is 20.8. The highest BCUT2D eigenvalue weighted by molar-refractivity contribution is 6.10. The SMILES string of the molecule is [2H]c1c([2H])c([2H])c2c(c1[2H])c1ccc(Oc3cccc(N4CN(c5c(-c6cc(C(C)(C)C)cc(C(C)(C)C)c6)cccc5-c5cccc6c5-c5ccccc5C65c6ccccc6-c6ccccc65)c5ccccc54)c3)cc1n2-c1cc(C(C)(C)C)ccn1. The van der Waals surface area contributed by atoms with Crippen LogP contribution in [-0.4, -0.2) is 16.2 Å². The average Bonchev–Trinajstić information content (AvgIpc) is 1.51. The van der Waals surface area contributed by atoms with Gasteiger partial charge in [0.15, 0.2) is 0 Å². The molecule has 410 valence electrons. The van der Waals surface area contributed by atoms with Gasteiger partial charge in [-0.25, -0.2) is 4.98 Å². The number of nitrogens with zero attached hydrogens (tertiary/aromatic N) is 4. The van der Waals surface area contributed by atoms with Gasteiger partial charge in [0.25, 0.3) is 0 Å². The van der Waals surface area contributed by atoms with Crippen molar-refractivity contribution in [3.05, 3.63) is 276 Å². The Morgan fingerprint density at radius 3 is 1.70 bits per heavy atom. The van der Waals surface area contributed by atoms with Gasteiger partial charge >= 0.3 is 0 Å². The Morgan fingerprint density at radius 2 is 1.00 bits per heavy atom. The van der Waals surface area contributed by atoms with Crippen molar-refractivity contribution in [3.63, 3.8) is 0 Å². The second-order valence-corrected chi connectivity index (χ2v) is 26.1. The lowest BCUT2D eigenvalue weighted by atomic mass is 9.70. The summed E-state index contributed by atoms with van der Waals surface area (Å²) in [5, 5.41) is 1.12. The molecule has 0 fully saturated rings. The van der Waals surface area contributed by atoms with Gasteiger partial charge in [-0.2, -0.15) is 0 Å². The fourth-order valence-corrected chi connectivity index (χ4v) is 13.8. The second kappa shape index (κ2) is 18.8. The van der Waals surface area contributed by atoms with Gasteiger partial charge in [-0.05, 0) is 143 Å². The number of para-hydroxylation sites is 4. The molecule has 1 spiro atoms. The number of hydrogen-bond donors (Lipinski definition) is 0. The number of rotatable bonds is 7. The summed E-state index contributed by atoms with van der Waals surface area (Å²) in [4.78, 5) is 9.74. The maximum Gasteiger partial charge on any atom is 0.137 e. The lowest BCUT2D eigenvalue weighted by molar-refractivity contribution is 0.483. The van der Waals surface area contributed by atoms with Crippen LogP contribution in [-0.2, 0) is 21.7 Å². The molecule has 2 aromatic heterocycles. The molecule has 3 aliphatic rings. The third-order valence-electron chi connectivity index (χ3n) is 17.9. The largest absolute Gasteiger partial charge is 0.457 e. The van der Waals surface area contributed by atoms with Crippen molar-refractivity contribution in [3.8, 4) is 61.8 Å². The Hall–Kier alpha value is -9.45. The Morgan fingerprint density at radius 1 is 0.440 bits per heavy atom. The fraction of sp³-hybridized carbons (Fsp3) is 0.177. The van der Waals surface area contributed by atoms with Crippen molar-refractivity contribution in [2.24, 2.45) is 0 Å². The van der Waals surface area contributed by atoms with Crippen LogP contribution < -0.4 is 14.5 Å². The van der Waals surface area contributed by atoms with Crippen LogP contribution in [0.1, 0.15) is 107 Å². The van der Waals surface area contributed by atoms with Crippen molar-refractivity contribution < 1.29 is 10.2 Å². The summed E-state index contributed by atoms with van der Waals surface area (Å²) in [6.07, 6.45) is 1.77. The zero-order valence-electron chi connectivity index (χ0n) is 53.1. The minimum atomic E-state index is -0.505. The van der Waals surface area contributed by atoms with Crippen molar-refractivity contribution in [1.29, 1.82) is 0 Å². The van der Waals surface area contributed by atoms with E-state index < -0.39 is 5.41 Å².